The normalized spacial score (nSPS) is 14.4. The van der Waals surface area contributed by atoms with Crippen LogP contribution >= 0.6 is 7.82 Å². The van der Waals surface area contributed by atoms with E-state index in [1.165, 1.54) is 51.4 Å². The molecule has 0 saturated heterocycles. The van der Waals surface area contributed by atoms with E-state index in [9.17, 15) is 24.2 Å². The number of esters is 2. The lowest BCUT2D eigenvalue weighted by Crippen LogP contribution is -2.29. The predicted octanol–water partition coefficient (Wildman–Crippen LogP) is 8.66. The molecule has 0 amide bonds. The van der Waals surface area contributed by atoms with Crippen molar-refractivity contribution in [3.63, 3.8) is 0 Å². The van der Waals surface area contributed by atoms with Gasteiger partial charge in [0.2, 0.25) is 0 Å². The van der Waals surface area contributed by atoms with Gasteiger partial charge in [0.1, 0.15) is 12.7 Å². The molecule has 0 aliphatic heterocycles. The Labute approximate surface area is 285 Å². The van der Waals surface area contributed by atoms with Crippen LogP contribution in [0.1, 0.15) is 155 Å². The molecule has 0 aliphatic carbocycles. The monoisotopic (exact) mass is 690 g/mol. The number of hydrogen-bond donors (Lipinski definition) is 3. The van der Waals surface area contributed by atoms with Crippen LogP contribution in [0.5, 0.6) is 0 Å². The van der Waals surface area contributed by atoms with Crippen molar-refractivity contribution in [3.05, 3.63) is 24.3 Å². The summed E-state index contributed by atoms with van der Waals surface area (Å²) < 4.78 is 32.5. The fourth-order valence-corrected chi connectivity index (χ4v) is 5.46. The highest BCUT2D eigenvalue weighted by atomic mass is 31.2. The largest absolute Gasteiger partial charge is 0.472 e. The first-order valence-electron chi connectivity index (χ1n) is 18.3. The summed E-state index contributed by atoms with van der Waals surface area (Å²) in [6, 6.07) is 0. The Kier molecular flexibility index (Phi) is 31.9. The lowest BCUT2D eigenvalue weighted by atomic mass is 10.1. The van der Waals surface area contributed by atoms with Crippen molar-refractivity contribution in [2.24, 2.45) is 0 Å². The van der Waals surface area contributed by atoms with E-state index in [1.54, 1.807) is 0 Å². The second kappa shape index (κ2) is 33.0. The molecule has 3 atom stereocenters. The number of carbonyl (C=O) groups is 2. The van der Waals surface area contributed by atoms with E-state index < -0.39 is 51.8 Å². The highest BCUT2D eigenvalue weighted by Crippen LogP contribution is 2.43. The number of hydrogen-bond acceptors (Lipinski definition) is 9. The van der Waals surface area contributed by atoms with Crippen molar-refractivity contribution in [1.29, 1.82) is 0 Å². The molecule has 0 saturated carbocycles. The zero-order chi connectivity index (χ0) is 34.9. The number of carbonyl (C=O) groups excluding carboxylic acids is 2. The van der Waals surface area contributed by atoms with E-state index >= 15 is 0 Å². The van der Waals surface area contributed by atoms with Gasteiger partial charge in [-0.05, 0) is 57.8 Å². The van der Waals surface area contributed by atoms with Crippen molar-refractivity contribution in [3.8, 4) is 0 Å². The average molecular weight is 691 g/mol. The first-order chi connectivity index (χ1) is 22.7. The van der Waals surface area contributed by atoms with Gasteiger partial charge < -0.3 is 24.6 Å². The van der Waals surface area contributed by atoms with E-state index in [4.69, 9.17) is 19.1 Å². The first-order valence-corrected chi connectivity index (χ1v) is 19.8. The predicted molar refractivity (Wildman–Crippen MR) is 187 cm³/mol. The highest BCUT2D eigenvalue weighted by Gasteiger charge is 2.27. The fraction of sp³-hybridized carbons (Fsp3) is 0.833. The summed E-state index contributed by atoms with van der Waals surface area (Å²) in [6.07, 6.45) is 28.7. The maximum Gasteiger partial charge on any atom is 0.472 e. The summed E-state index contributed by atoms with van der Waals surface area (Å²) in [4.78, 5) is 34.7. The Morgan fingerprint density at radius 3 is 1.62 bits per heavy atom. The van der Waals surface area contributed by atoms with Crippen molar-refractivity contribution < 1.29 is 47.8 Å². The Morgan fingerprint density at radius 1 is 0.617 bits per heavy atom. The molecule has 3 N–H and O–H groups in total. The van der Waals surface area contributed by atoms with E-state index in [0.29, 0.717) is 12.8 Å². The number of phosphoric acid groups is 1. The molecule has 0 heterocycles. The number of aliphatic hydroxyl groups is 2. The quantitative estimate of drug-likeness (QED) is 0.0259. The minimum atomic E-state index is -4.61. The maximum absolute atomic E-state index is 12.5. The molecular formula is C36H67O10P. The lowest BCUT2D eigenvalue weighted by molar-refractivity contribution is -0.161. The molecule has 0 aromatic rings. The molecule has 0 fully saturated rings. The summed E-state index contributed by atoms with van der Waals surface area (Å²) in [5.74, 6) is -0.957. The van der Waals surface area contributed by atoms with Crippen molar-refractivity contribution in [2.45, 2.75) is 167 Å². The van der Waals surface area contributed by atoms with Gasteiger partial charge in [-0.1, -0.05) is 109 Å². The zero-order valence-electron chi connectivity index (χ0n) is 29.5. The van der Waals surface area contributed by atoms with Gasteiger partial charge in [-0.2, -0.15) is 0 Å². The Hall–Kier alpha value is -1.55. The molecule has 0 aromatic heterocycles. The smallest absolute Gasteiger partial charge is 0.462 e. The van der Waals surface area contributed by atoms with Crippen molar-refractivity contribution >= 4 is 19.8 Å². The molecule has 0 aromatic carbocycles. The van der Waals surface area contributed by atoms with Crippen molar-refractivity contribution in [2.75, 3.05) is 26.4 Å². The number of ether oxygens (including phenoxy) is 2. The van der Waals surface area contributed by atoms with Gasteiger partial charge in [0, 0.05) is 12.8 Å². The van der Waals surface area contributed by atoms with Crippen molar-refractivity contribution in [1.82, 2.24) is 0 Å². The number of allylic oxidation sites excluding steroid dienone is 4. The van der Waals surface area contributed by atoms with Crippen LogP contribution in [0.15, 0.2) is 24.3 Å². The van der Waals surface area contributed by atoms with Gasteiger partial charge in [0.05, 0.1) is 19.8 Å². The van der Waals surface area contributed by atoms with Crippen LogP contribution < -0.4 is 0 Å². The van der Waals surface area contributed by atoms with E-state index in [0.717, 1.165) is 64.2 Å². The van der Waals surface area contributed by atoms with E-state index in [1.807, 2.05) is 0 Å². The number of phosphoric ester groups is 1. The molecule has 0 radical (unpaired) electrons. The first kappa shape index (κ1) is 45.5. The van der Waals surface area contributed by atoms with Gasteiger partial charge in [-0.15, -0.1) is 0 Å². The van der Waals surface area contributed by atoms with E-state index in [2.05, 4.69) is 42.7 Å². The van der Waals surface area contributed by atoms with Crippen LogP contribution in [0.4, 0.5) is 0 Å². The fourth-order valence-electron chi connectivity index (χ4n) is 4.67. The van der Waals surface area contributed by atoms with Crippen LogP contribution in [0.25, 0.3) is 0 Å². The summed E-state index contributed by atoms with van der Waals surface area (Å²) in [5, 5.41) is 18.2. The van der Waals surface area contributed by atoms with E-state index in [-0.39, 0.29) is 19.4 Å². The summed E-state index contributed by atoms with van der Waals surface area (Å²) in [5.41, 5.74) is 0. The third-order valence-corrected chi connectivity index (χ3v) is 8.53. The second-order valence-electron chi connectivity index (χ2n) is 12.2. The van der Waals surface area contributed by atoms with Gasteiger partial charge in [0.25, 0.3) is 0 Å². The Bertz CT molecular complexity index is 848. The minimum absolute atomic E-state index is 0.171. The average Bonchev–Trinajstić information content (AvgIpc) is 3.05. The molecule has 0 aliphatic rings. The molecule has 1 unspecified atom stereocenters. The Morgan fingerprint density at radius 2 is 1.06 bits per heavy atom. The lowest BCUT2D eigenvalue weighted by Gasteiger charge is -2.20. The molecule has 276 valence electrons. The highest BCUT2D eigenvalue weighted by molar-refractivity contribution is 7.47. The number of rotatable bonds is 34. The molecule has 0 rings (SSSR count). The van der Waals surface area contributed by atoms with Gasteiger partial charge >= 0.3 is 19.8 Å². The molecule has 47 heavy (non-hydrogen) atoms. The standard InChI is InChI=1S/C36H67O10P/c1-3-5-7-9-11-13-15-16-18-19-21-23-25-27-35(39)43-31-34(32-45-47(41,42)44-30-33(38)29-37)46-36(40)28-26-24-22-20-17-14-12-10-8-6-4-2/h10,12,16,18,33-34,37-38H,3-9,11,13-15,17,19-32H2,1-2H3,(H,41,42)/b12-10+,18-16+/t33-,34+/m0/s1. The number of unbranched alkanes of at least 4 members (excludes halogenated alkanes) is 16. The summed E-state index contributed by atoms with van der Waals surface area (Å²) >= 11 is 0. The van der Waals surface area contributed by atoms with Gasteiger partial charge in [0.15, 0.2) is 6.10 Å². The topological polar surface area (TPSA) is 149 Å². The molecule has 0 spiro atoms. The summed E-state index contributed by atoms with van der Waals surface area (Å²) in [6.45, 7) is 2.28. The van der Waals surface area contributed by atoms with Crippen LogP contribution in [0, 0.1) is 0 Å². The van der Waals surface area contributed by atoms with Gasteiger partial charge in [-0.25, -0.2) is 4.57 Å². The molecule has 11 heteroatoms. The van der Waals surface area contributed by atoms with Crippen LogP contribution in [-0.2, 0) is 32.7 Å². The maximum atomic E-state index is 12.5. The van der Waals surface area contributed by atoms with Crippen LogP contribution in [0.2, 0.25) is 0 Å². The Balaban J connectivity index is 4.43. The minimum Gasteiger partial charge on any atom is -0.462 e. The molecule has 10 nitrogen and oxygen atoms in total. The third-order valence-electron chi connectivity index (χ3n) is 7.58. The third kappa shape index (κ3) is 32.8. The van der Waals surface area contributed by atoms with Gasteiger partial charge in [-0.3, -0.25) is 18.6 Å². The SMILES string of the molecule is CCCC/C=C/CCCCCCCC(=O)O[C@H](COC(=O)CCCCC/C=C/CCCCCCCC)COP(=O)(O)OC[C@@H](O)CO. The summed E-state index contributed by atoms with van der Waals surface area (Å²) in [7, 11) is -4.61. The number of aliphatic hydroxyl groups excluding tert-OH is 2. The second-order valence-corrected chi connectivity index (χ2v) is 13.7. The van der Waals surface area contributed by atoms with Crippen LogP contribution in [-0.4, -0.2) is 65.7 Å². The molecule has 0 bridgehead atoms. The zero-order valence-corrected chi connectivity index (χ0v) is 30.4. The van der Waals surface area contributed by atoms with Crippen LogP contribution in [0.3, 0.4) is 0 Å². The molecular weight excluding hydrogens is 623 g/mol.